The number of ether oxygens (including phenoxy) is 1. The van der Waals surface area contributed by atoms with Gasteiger partial charge in [0, 0.05) is 0 Å². The van der Waals surface area contributed by atoms with Crippen molar-refractivity contribution < 1.29 is 13.9 Å². The molecule has 1 heterocycles. The van der Waals surface area contributed by atoms with Crippen LogP contribution in [0.5, 0.6) is 5.75 Å². The molecule has 0 saturated heterocycles. The fourth-order valence-electron chi connectivity index (χ4n) is 1.89. The van der Waals surface area contributed by atoms with E-state index in [-0.39, 0.29) is 15.5 Å². The summed E-state index contributed by atoms with van der Waals surface area (Å²) >= 11 is 6.56. The van der Waals surface area contributed by atoms with Gasteiger partial charge < -0.3 is 10.1 Å². The molecule has 0 bridgehead atoms. The van der Waals surface area contributed by atoms with E-state index in [9.17, 15) is 14.0 Å². The lowest BCUT2D eigenvalue weighted by Crippen LogP contribution is -2.27. The van der Waals surface area contributed by atoms with E-state index in [4.69, 9.17) is 16.3 Å². The Labute approximate surface area is 128 Å². The SMILES string of the molecule is COc1cccc(F)c1C(C)NC(=O)c1s[nH]c(=O)c1Cl. The van der Waals surface area contributed by atoms with Crippen molar-refractivity contribution in [2.24, 2.45) is 0 Å². The van der Waals surface area contributed by atoms with Gasteiger partial charge in [-0.25, -0.2) is 4.39 Å². The van der Waals surface area contributed by atoms with E-state index in [0.29, 0.717) is 5.75 Å². The third kappa shape index (κ3) is 3.08. The molecule has 1 atom stereocenters. The summed E-state index contributed by atoms with van der Waals surface area (Å²) < 4.78 is 21.4. The lowest BCUT2D eigenvalue weighted by molar-refractivity contribution is 0.0943. The summed E-state index contributed by atoms with van der Waals surface area (Å²) in [5.74, 6) is -0.715. The van der Waals surface area contributed by atoms with Crippen molar-refractivity contribution in [2.45, 2.75) is 13.0 Å². The lowest BCUT2D eigenvalue weighted by atomic mass is 10.1. The van der Waals surface area contributed by atoms with Crippen LogP contribution in [0.1, 0.15) is 28.2 Å². The van der Waals surface area contributed by atoms with Crippen LogP contribution in [0.25, 0.3) is 0 Å². The summed E-state index contributed by atoms with van der Waals surface area (Å²) in [7, 11) is 1.42. The molecule has 0 fully saturated rings. The van der Waals surface area contributed by atoms with Crippen LogP contribution in [0.3, 0.4) is 0 Å². The molecule has 0 aliphatic rings. The molecule has 1 aromatic heterocycles. The van der Waals surface area contributed by atoms with Gasteiger partial charge in [0.25, 0.3) is 11.5 Å². The molecule has 1 amide bonds. The van der Waals surface area contributed by atoms with Crippen molar-refractivity contribution in [3.05, 3.63) is 49.8 Å². The van der Waals surface area contributed by atoms with Crippen molar-refractivity contribution >= 4 is 29.0 Å². The van der Waals surface area contributed by atoms with E-state index in [1.165, 1.54) is 19.2 Å². The Balaban J connectivity index is 2.26. The molecular formula is C13H12ClFN2O3S. The number of amides is 1. The highest BCUT2D eigenvalue weighted by Gasteiger charge is 2.22. The average Bonchev–Trinajstić information content (AvgIpc) is 2.78. The molecule has 0 aliphatic carbocycles. The van der Waals surface area contributed by atoms with Gasteiger partial charge in [-0.15, -0.1) is 0 Å². The van der Waals surface area contributed by atoms with Crippen LogP contribution in [0.4, 0.5) is 4.39 Å². The summed E-state index contributed by atoms with van der Waals surface area (Å²) in [6.45, 7) is 1.61. The van der Waals surface area contributed by atoms with Crippen LogP contribution < -0.4 is 15.6 Å². The molecule has 112 valence electrons. The molecule has 0 aliphatic heterocycles. The Morgan fingerprint density at radius 3 is 2.81 bits per heavy atom. The van der Waals surface area contributed by atoms with Crippen molar-refractivity contribution in [3.63, 3.8) is 0 Å². The minimum atomic E-state index is -0.651. The summed E-state index contributed by atoms with van der Waals surface area (Å²) in [4.78, 5) is 23.3. The number of aromatic amines is 1. The van der Waals surface area contributed by atoms with Gasteiger partial charge >= 0.3 is 0 Å². The first-order valence-electron chi connectivity index (χ1n) is 5.96. The quantitative estimate of drug-likeness (QED) is 0.905. The van der Waals surface area contributed by atoms with E-state index in [1.807, 2.05) is 0 Å². The molecule has 2 rings (SSSR count). The Morgan fingerprint density at radius 2 is 2.24 bits per heavy atom. The number of H-pyrrole nitrogens is 1. The maximum absolute atomic E-state index is 13.9. The number of rotatable bonds is 4. The van der Waals surface area contributed by atoms with Gasteiger partial charge in [0.05, 0.1) is 18.7 Å². The zero-order valence-electron chi connectivity index (χ0n) is 11.2. The van der Waals surface area contributed by atoms with Gasteiger partial charge in [0.15, 0.2) is 0 Å². The van der Waals surface area contributed by atoms with Crippen molar-refractivity contribution in [1.29, 1.82) is 0 Å². The normalized spacial score (nSPS) is 12.0. The number of benzene rings is 1. The highest BCUT2D eigenvalue weighted by atomic mass is 35.5. The molecule has 0 radical (unpaired) electrons. The first-order chi connectivity index (χ1) is 9.95. The second-order valence-corrected chi connectivity index (χ2v) is 5.42. The molecule has 1 unspecified atom stereocenters. The first kappa shape index (κ1) is 15.5. The third-order valence-electron chi connectivity index (χ3n) is 2.86. The fourth-order valence-corrected chi connectivity index (χ4v) is 2.82. The molecule has 0 saturated carbocycles. The van der Waals surface area contributed by atoms with Gasteiger partial charge in [0.1, 0.15) is 21.5 Å². The van der Waals surface area contributed by atoms with Gasteiger partial charge in [0.2, 0.25) is 0 Å². The number of carbonyl (C=O) groups is 1. The topological polar surface area (TPSA) is 71.2 Å². The third-order valence-corrected chi connectivity index (χ3v) is 4.22. The Bertz CT molecular complexity index is 728. The zero-order chi connectivity index (χ0) is 15.6. The first-order valence-corrected chi connectivity index (χ1v) is 7.15. The number of nitrogens with one attached hydrogen (secondary N) is 2. The summed E-state index contributed by atoms with van der Waals surface area (Å²) in [5.41, 5.74) is -0.296. The van der Waals surface area contributed by atoms with Crippen LogP contribution in [0.15, 0.2) is 23.0 Å². The van der Waals surface area contributed by atoms with Crippen molar-refractivity contribution in [1.82, 2.24) is 9.69 Å². The molecule has 21 heavy (non-hydrogen) atoms. The lowest BCUT2D eigenvalue weighted by Gasteiger charge is -2.17. The number of aromatic nitrogens is 1. The van der Waals surface area contributed by atoms with Gasteiger partial charge in [-0.05, 0) is 19.1 Å². The summed E-state index contributed by atoms with van der Waals surface area (Å²) in [5, 5.41) is 2.41. The maximum Gasteiger partial charge on any atom is 0.277 e. The van der Waals surface area contributed by atoms with Crippen LogP contribution in [-0.4, -0.2) is 17.4 Å². The van der Waals surface area contributed by atoms with Crippen LogP contribution in [-0.2, 0) is 0 Å². The molecule has 1 aromatic carbocycles. The minimum Gasteiger partial charge on any atom is -0.496 e. The predicted octanol–water partition coefficient (Wildman–Crippen LogP) is 2.73. The summed E-state index contributed by atoms with van der Waals surface area (Å²) in [6, 6.07) is 3.74. The largest absolute Gasteiger partial charge is 0.496 e. The molecule has 2 aromatic rings. The second-order valence-electron chi connectivity index (χ2n) is 4.23. The highest BCUT2D eigenvalue weighted by Crippen LogP contribution is 2.28. The zero-order valence-corrected chi connectivity index (χ0v) is 12.8. The molecule has 0 spiro atoms. The van der Waals surface area contributed by atoms with Gasteiger partial charge in [-0.1, -0.05) is 29.2 Å². The molecule has 2 N–H and O–H groups in total. The van der Waals surface area contributed by atoms with E-state index in [0.717, 1.165) is 11.5 Å². The maximum atomic E-state index is 13.9. The van der Waals surface area contributed by atoms with Crippen LogP contribution in [0.2, 0.25) is 5.02 Å². The predicted molar refractivity (Wildman–Crippen MR) is 78.8 cm³/mol. The van der Waals surface area contributed by atoms with Crippen LogP contribution >= 0.6 is 23.1 Å². The molecular weight excluding hydrogens is 319 g/mol. The monoisotopic (exact) mass is 330 g/mol. The number of carbonyl (C=O) groups excluding carboxylic acids is 1. The molecule has 8 heteroatoms. The Kier molecular flexibility index (Phi) is 4.64. The van der Waals surface area contributed by atoms with Gasteiger partial charge in [-0.3, -0.25) is 14.0 Å². The fraction of sp³-hybridized carbons (Fsp3) is 0.231. The number of hydrogen-bond acceptors (Lipinski definition) is 4. The Hall–Kier alpha value is -1.86. The smallest absolute Gasteiger partial charge is 0.277 e. The molecule has 5 nitrogen and oxygen atoms in total. The van der Waals surface area contributed by atoms with E-state index >= 15 is 0 Å². The average molecular weight is 331 g/mol. The minimum absolute atomic E-state index is 0.0591. The van der Waals surface area contributed by atoms with E-state index in [2.05, 4.69) is 9.69 Å². The second kappa shape index (κ2) is 6.28. The van der Waals surface area contributed by atoms with Crippen LogP contribution in [0, 0.1) is 5.82 Å². The number of halogens is 2. The Morgan fingerprint density at radius 1 is 1.52 bits per heavy atom. The van der Waals surface area contributed by atoms with E-state index in [1.54, 1.807) is 13.0 Å². The number of methoxy groups -OCH3 is 1. The number of hydrogen-bond donors (Lipinski definition) is 2. The standard InChI is InChI=1S/C13H12ClFN2O3S/c1-6(9-7(15)4-3-5-8(9)20-2)16-13(19)11-10(14)12(18)17-21-11/h3-6H,1-2H3,(H,16,19)(H,17,18). The van der Waals surface area contributed by atoms with Gasteiger partial charge in [-0.2, -0.15) is 0 Å². The van der Waals surface area contributed by atoms with Crippen molar-refractivity contribution in [3.8, 4) is 5.75 Å². The van der Waals surface area contributed by atoms with Crippen molar-refractivity contribution in [2.75, 3.05) is 7.11 Å². The highest BCUT2D eigenvalue weighted by molar-refractivity contribution is 7.08. The van der Waals surface area contributed by atoms with E-state index < -0.39 is 23.3 Å². The summed E-state index contributed by atoms with van der Waals surface area (Å²) in [6.07, 6.45) is 0.